The normalized spacial score (nSPS) is 12.3. The Morgan fingerprint density at radius 3 is 2.50 bits per heavy atom. The maximum Gasteiger partial charge on any atom is 0.183 e. The summed E-state index contributed by atoms with van der Waals surface area (Å²) in [6.07, 6.45) is 1.72. The number of hydrogen-bond acceptors (Lipinski definition) is 5. The predicted molar refractivity (Wildman–Crippen MR) is 63.9 cm³/mol. The Labute approximate surface area is 97.2 Å². The third-order valence-electron chi connectivity index (χ3n) is 2.20. The van der Waals surface area contributed by atoms with Gasteiger partial charge in [-0.25, -0.2) is 4.98 Å². The molecule has 5 heteroatoms. The van der Waals surface area contributed by atoms with Gasteiger partial charge in [-0.2, -0.15) is 0 Å². The molecule has 1 atom stereocenters. The van der Waals surface area contributed by atoms with E-state index in [0.717, 1.165) is 10.7 Å². The lowest BCUT2D eigenvalue weighted by molar-refractivity contribution is 0.448. The van der Waals surface area contributed by atoms with Crippen LogP contribution in [-0.4, -0.2) is 15.2 Å². The second-order valence-electron chi connectivity index (χ2n) is 3.49. The molecule has 0 spiro atoms. The third-order valence-corrected chi connectivity index (χ3v) is 2.90. The number of thiazole rings is 1. The molecule has 0 aliphatic heterocycles. The molecule has 1 unspecified atom stereocenters. The van der Waals surface area contributed by atoms with Gasteiger partial charge < -0.3 is 15.5 Å². The van der Waals surface area contributed by atoms with Crippen LogP contribution in [0.4, 0.5) is 5.13 Å². The van der Waals surface area contributed by atoms with Gasteiger partial charge in [-0.1, -0.05) is 0 Å². The SMILES string of the molecule is CC(Nc1nccs1)c1cc(O)cc(O)c1. The van der Waals surface area contributed by atoms with Crippen LogP contribution in [0.15, 0.2) is 29.8 Å². The smallest absolute Gasteiger partial charge is 0.183 e. The van der Waals surface area contributed by atoms with E-state index < -0.39 is 0 Å². The first-order chi connectivity index (χ1) is 7.65. The molecule has 84 valence electrons. The standard InChI is InChI=1S/C11H12N2O2S/c1-7(13-11-12-2-3-16-11)8-4-9(14)6-10(15)5-8/h2-7,14-15H,1H3,(H,12,13). The van der Waals surface area contributed by atoms with Crippen molar-refractivity contribution in [3.63, 3.8) is 0 Å². The molecule has 2 aromatic rings. The molecule has 0 radical (unpaired) electrons. The number of phenols is 2. The number of aromatic nitrogens is 1. The molecule has 0 bridgehead atoms. The Bertz CT molecular complexity index is 451. The second kappa shape index (κ2) is 4.40. The maximum atomic E-state index is 9.37. The van der Waals surface area contributed by atoms with Crippen molar-refractivity contribution in [2.24, 2.45) is 0 Å². The van der Waals surface area contributed by atoms with Crippen molar-refractivity contribution in [1.29, 1.82) is 0 Å². The second-order valence-corrected chi connectivity index (χ2v) is 4.38. The van der Waals surface area contributed by atoms with Crippen molar-refractivity contribution in [1.82, 2.24) is 4.98 Å². The van der Waals surface area contributed by atoms with Crippen LogP contribution in [0.5, 0.6) is 11.5 Å². The Kier molecular flexibility index (Phi) is 2.96. The minimum atomic E-state index is -0.0239. The van der Waals surface area contributed by atoms with Crippen LogP contribution in [0.1, 0.15) is 18.5 Å². The monoisotopic (exact) mass is 236 g/mol. The van der Waals surface area contributed by atoms with Gasteiger partial charge in [0.2, 0.25) is 0 Å². The molecule has 3 N–H and O–H groups in total. The first-order valence-corrected chi connectivity index (χ1v) is 5.72. The molecule has 0 amide bonds. The zero-order valence-corrected chi connectivity index (χ0v) is 9.53. The molecule has 1 aromatic heterocycles. The van der Waals surface area contributed by atoms with Crippen LogP contribution >= 0.6 is 11.3 Å². The van der Waals surface area contributed by atoms with E-state index in [2.05, 4.69) is 10.3 Å². The molecular weight excluding hydrogens is 224 g/mol. The first kappa shape index (κ1) is 10.8. The van der Waals surface area contributed by atoms with Gasteiger partial charge in [-0.3, -0.25) is 0 Å². The van der Waals surface area contributed by atoms with Gasteiger partial charge in [0.25, 0.3) is 0 Å². The average Bonchev–Trinajstić information content (AvgIpc) is 2.68. The summed E-state index contributed by atoms with van der Waals surface area (Å²) in [5, 5.41) is 24.6. The van der Waals surface area contributed by atoms with Crippen LogP contribution in [-0.2, 0) is 0 Å². The van der Waals surface area contributed by atoms with Crippen molar-refractivity contribution < 1.29 is 10.2 Å². The number of benzene rings is 1. The number of rotatable bonds is 3. The first-order valence-electron chi connectivity index (χ1n) is 4.84. The average molecular weight is 236 g/mol. The van der Waals surface area contributed by atoms with Crippen LogP contribution in [0.25, 0.3) is 0 Å². The van der Waals surface area contributed by atoms with E-state index in [0.29, 0.717) is 0 Å². The number of phenolic OH excluding ortho intramolecular Hbond substituents is 2. The number of aromatic hydroxyl groups is 2. The summed E-state index contributed by atoms with van der Waals surface area (Å²) in [5.74, 6) is 0.116. The zero-order valence-electron chi connectivity index (χ0n) is 8.71. The minimum Gasteiger partial charge on any atom is -0.508 e. The summed E-state index contributed by atoms with van der Waals surface area (Å²) in [7, 11) is 0. The zero-order chi connectivity index (χ0) is 11.5. The van der Waals surface area contributed by atoms with Gasteiger partial charge in [-0.05, 0) is 24.6 Å². The molecule has 0 aliphatic carbocycles. The largest absolute Gasteiger partial charge is 0.508 e. The summed E-state index contributed by atoms with van der Waals surface area (Å²) < 4.78 is 0. The van der Waals surface area contributed by atoms with Gasteiger partial charge in [-0.15, -0.1) is 11.3 Å². The highest BCUT2D eigenvalue weighted by Gasteiger charge is 2.08. The molecule has 0 aliphatic rings. The number of hydrogen-bond donors (Lipinski definition) is 3. The lowest BCUT2D eigenvalue weighted by Crippen LogP contribution is -2.05. The molecule has 0 fully saturated rings. The summed E-state index contributed by atoms with van der Waals surface area (Å²) in [5.41, 5.74) is 0.813. The quantitative estimate of drug-likeness (QED) is 0.766. The van der Waals surface area contributed by atoms with Gasteiger partial charge in [0.15, 0.2) is 5.13 Å². The van der Waals surface area contributed by atoms with Crippen LogP contribution in [0.2, 0.25) is 0 Å². The number of nitrogens with one attached hydrogen (secondary N) is 1. The van der Waals surface area contributed by atoms with Crippen LogP contribution in [0.3, 0.4) is 0 Å². The molecule has 1 heterocycles. The Balaban J connectivity index is 2.17. The van der Waals surface area contributed by atoms with E-state index in [1.807, 2.05) is 12.3 Å². The fraction of sp³-hybridized carbons (Fsp3) is 0.182. The highest BCUT2D eigenvalue weighted by molar-refractivity contribution is 7.13. The fourth-order valence-corrected chi connectivity index (χ4v) is 2.05. The van der Waals surface area contributed by atoms with E-state index in [-0.39, 0.29) is 17.5 Å². The van der Waals surface area contributed by atoms with Crippen molar-refractivity contribution in [2.45, 2.75) is 13.0 Å². The highest BCUT2D eigenvalue weighted by Crippen LogP contribution is 2.27. The lowest BCUT2D eigenvalue weighted by atomic mass is 10.1. The lowest BCUT2D eigenvalue weighted by Gasteiger charge is -2.13. The highest BCUT2D eigenvalue weighted by atomic mass is 32.1. The van der Waals surface area contributed by atoms with Gasteiger partial charge in [0, 0.05) is 17.6 Å². The minimum absolute atomic E-state index is 0.0239. The molecule has 16 heavy (non-hydrogen) atoms. The van der Waals surface area contributed by atoms with E-state index in [1.54, 1.807) is 18.3 Å². The third kappa shape index (κ3) is 2.43. The fourth-order valence-electron chi connectivity index (χ4n) is 1.43. The van der Waals surface area contributed by atoms with Gasteiger partial charge in [0.05, 0.1) is 6.04 Å². The van der Waals surface area contributed by atoms with E-state index in [1.165, 1.54) is 17.4 Å². The molecular formula is C11H12N2O2S. The molecule has 1 aromatic carbocycles. The van der Waals surface area contributed by atoms with Crippen LogP contribution in [0, 0.1) is 0 Å². The van der Waals surface area contributed by atoms with Crippen molar-refractivity contribution in [3.8, 4) is 11.5 Å². The Morgan fingerprint density at radius 1 is 1.25 bits per heavy atom. The van der Waals surface area contributed by atoms with Crippen LogP contribution < -0.4 is 5.32 Å². The summed E-state index contributed by atoms with van der Waals surface area (Å²) in [6.45, 7) is 1.94. The van der Waals surface area contributed by atoms with E-state index in [4.69, 9.17) is 0 Å². The summed E-state index contributed by atoms with van der Waals surface area (Å²) in [6, 6.07) is 4.51. The maximum absolute atomic E-state index is 9.37. The van der Waals surface area contributed by atoms with E-state index >= 15 is 0 Å². The molecule has 0 saturated heterocycles. The number of nitrogens with zero attached hydrogens (tertiary/aromatic N) is 1. The molecule has 0 saturated carbocycles. The summed E-state index contributed by atoms with van der Waals surface area (Å²) in [4.78, 5) is 4.11. The topological polar surface area (TPSA) is 65.4 Å². The van der Waals surface area contributed by atoms with Gasteiger partial charge >= 0.3 is 0 Å². The molecule has 4 nitrogen and oxygen atoms in total. The van der Waals surface area contributed by atoms with E-state index in [9.17, 15) is 10.2 Å². The predicted octanol–water partition coefficient (Wildman–Crippen LogP) is 2.73. The Hall–Kier alpha value is -1.75. The van der Waals surface area contributed by atoms with Crippen molar-refractivity contribution in [3.05, 3.63) is 35.3 Å². The summed E-state index contributed by atoms with van der Waals surface area (Å²) >= 11 is 1.51. The number of anilines is 1. The van der Waals surface area contributed by atoms with Gasteiger partial charge in [0.1, 0.15) is 11.5 Å². The van der Waals surface area contributed by atoms with Crippen molar-refractivity contribution >= 4 is 16.5 Å². The Morgan fingerprint density at radius 2 is 1.94 bits per heavy atom. The molecule has 2 rings (SSSR count). The van der Waals surface area contributed by atoms with Crippen molar-refractivity contribution in [2.75, 3.05) is 5.32 Å².